The normalized spacial score (nSPS) is 11.5. The Morgan fingerprint density at radius 3 is 2.50 bits per heavy atom. The van der Waals surface area contributed by atoms with Crippen molar-refractivity contribution in [2.75, 3.05) is 13.7 Å². The van der Waals surface area contributed by atoms with Crippen LogP contribution in [0.3, 0.4) is 0 Å². The number of nitrogens with zero attached hydrogens (tertiary/aromatic N) is 1. The average Bonchev–Trinajstić information content (AvgIpc) is 2.56. The molecule has 0 amide bonds. The first-order valence-electron chi connectivity index (χ1n) is 7.38. The lowest BCUT2D eigenvalue weighted by Gasteiger charge is -2.09. The van der Waals surface area contributed by atoms with E-state index in [0.717, 1.165) is 16.9 Å². The highest BCUT2D eigenvalue weighted by atomic mass is 32.2. The van der Waals surface area contributed by atoms with E-state index in [1.54, 1.807) is 36.4 Å². The quantitative estimate of drug-likeness (QED) is 0.616. The minimum atomic E-state index is -3.81. The van der Waals surface area contributed by atoms with Gasteiger partial charge in [-0.15, -0.1) is 0 Å². The summed E-state index contributed by atoms with van der Waals surface area (Å²) in [6, 6.07) is 12.1. The molecule has 0 aliphatic carbocycles. The van der Waals surface area contributed by atoms with Crippen molar-refractivity contribution < 1.29 is 17.9 Å². The van der Waals surface area contributed by atoms with Crippen LogP contribution in [-0.2, 0) is 10.0 Å². The van der Waals surface area contributed by atoms with E-state index < -0.39 is 10.0 Å². The maximum absolute atomic E-state index is 12.4. The van der Waals surface area contributed by atoms with E-state index in [-0.39, 0.29) is 10.6 Å². The third kappa shape index (κ3) is 4.48. The zero-order valence-electron chi connectivity index (χ0n) is 13.8. The van der Waals surface area contributed by atoms with Crippen LogP contribution in [-0.4, -0.2) is 28.3 Å². The van der Waals surface area contributed by atoms with Crippen LogP contribution in [0.15, 0.2) is 52.5 Å². The molecule has 0 spiro atoms. The highest BCUT2D eigenvalue weighted by Gasteiger charge is 2.18. The Bertz CT molecular complexity index is 815. The Hall–Kier alpha value is -2.54. The minimum Gasteiger partial charge on any atom is -0.495 e. The first-order chi connectivity index (χ1) is 11.5. The van der Waals surface area contributed by atoms with Gasteiger partial charge >= 0.3 is 0 Å². The molecule has 0 heterocycles. The van der Waals surface area contributed by atoms with Gasteiger partial charge in [0.1, 0.15) is 16.4 Å². The molecule has 24 heavy (non-hydrogen) atoms. The molecule has 1 N–H and O–H groups in total. The monoisotopic (exact) mass is 348 g/mol. The fraction of sp³-hybridized carbons (Fsp3) is 0.235. The molecule has 0 aliphatic heterocycles. The summed E-state index contributed by atoms with van der Waals surface area (Å²) in [5.41, 5.74) is 1.56. The summed E-state index contributed by atoms with van der Waals surface area (Å²) < 4.78 is 35.2. The average molecular weight is 348 g/mol. The number of hydrazone groups is 1. The summed E-state index contributed by atoms with van der Waals surface area (Å²) in [6.07, 6.45) is 1.43. The van der Waals surface area contributed by atoms with Gasteiger partial charge in [-0.25, -0.2) is 0 Å². The second-order valence-corrected chi connectivity index (χ2v) is 6.64. The van der Waals surface area contributed by atoms with Crippen LogP contribution >= 0.6 is 0 Å². The molecule has 0 saturated heterocycles. The van der Waals surface area contributed by atoms with Crippen molar-refractivity contribution in [1.82, 2.24) is 4.83 Å². The smallest absolute Gasteiger partial charge is 0.280 e. The summed E-state index contributed by atoms with van der Waals surface area (Å²) in [6.45, 7) is 4.30. The SMILES string of the molecule is CCOc1ccc(/C=N/NS(=O)(=O)c2cc(C)ccc2OC)cc1. The standard InChI is InChI=1S/C17H20N2O4S/c1-4-23-15-8-6-14(7-9-15)12-18-19-24(20,21)17-11-13(2)5-10-16(17)22-3/h5-12,19H,4H2,1-3H3/b18-12+. The number of aryl methyl sites for hydroxylation is 1. The lowest BCUT2D eigenvalue weighted by molar-refractivity contribution is 0.340. The predicted molar refractivity (Wildman–Crippen MR) is 93.3 cm³/mol. The largest absolute Gasteiger partial charge is 0.495 e. The van der Waals surface area contributed by atoms with Gasteiger partial charge in [0.25, 0.3) is 10.0 Å². The van der Waals surface area contributed by atoms with Crippen molar-refractivity contribution in [2.24, 2.45) is 5.10 Å². The van der Waals surface area contributed by atoms with Gasteiger partial charge in [0, 0.05) is 0 Å². The minimum absolute atomic E-state index is 0.0499. The molecule has 0 fully saturated rings. The first kappa shape index (κ1) is 17.8. The van der Waals surface area contributed by atoms with Crippen LogP contribution in [0.4, 0.5) is 0 Å². The second-order valence-electron chi connectivity index (χ2n) is 5.01. The Morgan fingerprint density at radius 1 is 1.17 bits per heavy atom. The van der Waals surface area contributed by atoms with E-state index in [0.29, 0.717) is 6.61 Å². The Kier molecular flexibility index (Phi) is 5.81. The molecule has 2 aromatic rings. The summed E-state index contributed by atoms with van der Waals surface area (Å²) in [7, 11) is -2.39. The van der Waals surface area contributed by atoms with Crippen molar-refractivity contribution in [2.45, 2.75) is 18.7 Å². The fourth-order valence-electron chi connectivity index (χ4n) is 2.03. The molecule has 0 aliphatic rings. The highest BCUT2D eigenvalue weighted by Crippen LogP contribution is 2.24. The molecule has 128 valence electrons. The lowest BCUT2D eigenvalue weighted by atomic mass is 10.2. The maximum atomic E-state index is 12.4. The maximum Gasteiger partial charge on any atom is 0.280 e. The van der Waals surface area contributed by atoms with E-state index >= 15 is 0 Å². The zero-order chi connectivity index (χ0) is 17.6. The van der Waals surface area contributed by atoms with Gasteiger partial charge in [-0.05, 0) is 61.4 Å². The van der Waals surface area contributed by atoms with Crippen LogP contribution in [0.2, 0.25) is 0 Å². The van der Waals surface area contributed by atoms with Crippen LogP contribution in [0.5, 0.6) is 11.5 Å². The molecule has 0 unspecified atom stereocenters. The third-order valence-electron chi connectivity index (χ3n) is 3.19. The Labute approximate surface area is 142 Å². The molecule has 0 aromatic heterocycles. The molecule has 0 atom stereocenters. The van der Waals surface area contributed by atoms with E-state index in [1.165, 1.54) is 19.4 Å². The number of rotatable bonds is 7. The van der Waals surface area contributed by atoms with Crippen LogP contribution in [0.1, 0.15) is 18.1 Å². The number of benzene rings is 2. The van der Waals surface area contributed by atoms with Crippen molar-refractivity contribution in [3.63, 3.8) is 0 Å². The van der Waals surface area contributed by atoms with Crippen molar-refractivity contribution in [1.29, 1.82) is 0 Å². The fourth-order valence-corrected chi connectivity index (χ4v) is 3.08. The topological polar surface area (TPSA) is 77.0 Å². The molecular formula is C17H20N2O4S. The number of methoxy groups -OCH3 is 1. The van der Waals surface area contributed by atoms with E-state index in [9.17, 15) is 8.42 Å². The lowest BCUT2D eigenvalue weighted by Crippen LogP contribution is -2.19. The van der Waals surface area contributed by atoms with Gasteiger partial charge in [0.15, 0.2) is 0 Å². The van der Waals surface area contributed by atoms with Gasteiger partial charge in [-0.1, -0.05) is 6.07 Å². The van der Waals surface area contributed by atoms with E-state index in [1.807, 2.05) is 13.8 Å². The van der Waals surface area contributed by atoms with Crippen LogP contribution in [0, 0.1) is 6.92 Å². The summed E-state index contributed by atoms with van der Waals surface area (Å²) in [5, 5.41) is 3.81. The number of hydrogen-bond donors (Lipinski definition) is 1. The molecule has 0 saturated carbocycles. The second kappa shape index (κ2) is 7.83. The van der Waals surface area contributed by atoms with Gasteiger partial charge in [0.2, 0.25) is 0 Å². The molecule has 0 bridgehead atoms. The van der Waals surface area contributed by atoms with Gasteiger partial charge in [0.05, 0.1) is 19.9 Å². The molecule has 6 nitrogen and oxygen atoms in total. The highest BCUT2D eigenvalue weighted by molar-refractivity contribution is 7.89. The Balaban J connectivity index is 2.13. The number of nitrogens with one attached hydrogen (secondary N) is 1. The van der Waals surface area contributed by atoms with Crippen molar-refractivity contribution in [3.05, 3.63) is 53.6 Å². The molecule has 0 radical (unpaired) electrons. The molecule has 2 rings (SSSR count). The predicted octanol–water partition coefficient (Wildman–Crippen LogP) is 2.71. The number of hydrogen-bond acceptors (Lipinski definition) is 5. The molecule has 2 aromatic carbocycles. The van der Waals surface area contributed by atoms with Crippen molar-refractivity contribution in [3.8, 4) is 11.5 Å². The first-order valence-corrected chi connectivity index (χ1v) is 8.87. The van der Waals surface area contributed by atoms with Crippen molar-refractivity contribution >= 4 is 16.2 Å². The van der Waals surface area contributed by atoms with Crippen LogP contribution in [0.25, 0.3) is 0 Å². The molecule has 7 heteroatoms. The van der Waals surface area contributed by atoms with Gasteiger partial charge < -0.3 is 9.47 Å². The van der Waals surface area contributed by atoms with Gasteiger partial charge in [-0.3, -0.25) is 0 Å². The summed E-state index contributed by atoms with van der Waals surface area (Å²) >= 11 is 0. The number of ether oxygens (including phenoxy) is 2. The number of sulfonamides is 1. The summed E-state index contributed by atoms with van der Waals surface area (Å²) in [4.78, 5) is 2.25. The third-order valence-corrected chi connectivity index (χ3v) is 4.43. The van der Waals surface area contributed by atoms with Crippen LogP contribution < -0.4 is 14.3 Å². The zero-order valence-corrected chi connectivity index (χ0v) is 14.6. The van der Waals surface area contributed by atoms with E-state index in [4.69, 9.17) is 9.47 Å². The van der Waals surface area contributed by atoms with E-state index in [2.05, 4.69) is 9.93 Å². The summed E-state index contributed by atoms with van der Waals surface area (Å²) in [5.74, 6) is 1.02. The Morgan fingerprint density at radius 2 is 1.88 bits per heavy atom. The van der Waals surface area contributed by atoms with Gasteiger partial charge in [-0.2, -0.15) is 18.4 Å². The molecular weight excluding hydrogens is 328 g/mol.